The number of benzene rings is 2. The highest BCUT2D eigenvalue weighted by Crippen LogP contribution is 2.22. The van der Waals surface area contributed by atoms with Crippen molar-refractivity contribution < 1.29 is 4.74 Å². The van der Waals surface area contributed by atoms with Crippen LogP contribution in [0.25, 0.3) is 0 Å². The summed E-state index contributed by atoms with van der Waals surface area (Å²) in [6, 6.07) is 16.3. The van der Waals surface area contributed by atoms with Crippen LogP contribution < -0.4 is 4.74 Å². The van der Waals surface area contributed by atoms with Gasteiger partial charge in [0.1, 0.15) is 5.75 Å². The SMILES string of the molecule is COc1ccc(C=Nc2ccc(CC(C)(C)C)cc2)cc1. The molecule has 2 rings (SSSR count). The van der Waals surface area contributed by atoms with E-state index in [4.69, 9.17) is 4.74 Å². The highest BCUT2D eigenvalue weighted by Gasteiger charge is 2.10. The Morgan fingerprint density at radius 1 is 0.952 bits per heavy atom. The Hall–Kier alpha value is -2.09. The van der Waals surface area contributed by atoms with Gasteiger partial charge in [-0.1, -0.05) is 32.9 Å². The van der Waals surface area contributed by atoms with Crippen molar-refractivity contribution in [1.29, 1.82) is 0 Å². The van der Waals surface area contributed by atoms with Crippen molar-refractivity contribution in [2.45, 2.75) is 27.2 Å². The predicted molar refractivity (Wildman–Crippen MR) is 89.8 cm³/mol. The van der Waals surface area contributed by atoms with E-state index in [1.165, 1.54) is 5.56 Å². The van der Waals surface area contributed by atoms with Crippen LogP contribution in [-0.2, 0) is 6.42 Å². The number of hydrogen-bond donors (Lipinski definition) is 0. The second kappa shape index (κ2) is 6.57. The van der Waals surface area contributed by atoms with Crippen molar-refractivity contribution in [1.82, 2.24) is 0 Å². The van der Waals surface area contributed by atoms with Crippen LogP contribution in [0.3, 0.4) is 0 Å². The van der Waals surface area contributed by atoms with Crippen molar-refractivity contribution in [3.63, 3.8) is 0 Å². The minimum atomic E-state index is 0.313. The second-order valence-electron chi connectivity index (χ2n) is 6.44. The number of methoxy groups -OCH3 is 1. The molecule has 0 heterocycles. The zero-order chi connectivity index (χ0) is 15.3. The summed E-state index contributed by atoms with van der Waals surface area (Å²) in [6.45, 7) is 6.76. The molecule has 0 unspecified atom stereocenters. The molecular weight excluding hydrogens is 258 g/mol. The number of hydrogen-bond acceptors (Lipinski definition) is 2. The van der Waals surface area contributed by atoms with Gasteiger partial charge in [-0.25, -0.2) is 0 Å². The van der Waals surface area contributed by atoms with Gasteiger partial charge in [-0.05, 0) is 59.4 Å². The normalized spacial score (nSPS) is 11.8. The van der Waals surface area contributed by atoms with Gasteiger partial charge in [-0.15, -0.1) is 0 Å². The lowest BCUT2D eigenvalue weighted by Gasteiger charge is -2.17. The molecule has 0 saturated carbocycles. The Labute approximate surface area is 127 Å². The van der Waals surface area contributed by atoms with E-state index in [-0.39, 0.29) is 0 Å². The van der Waals surface area contributed by atoms with Crippen LogP contribution in [0, 0.1) is 5.41 Å². The summed E-state index contributed by atoms with van der Waals surface area (Å²) in [6.07, 6.45) is 2.95. The molecule has 21 heavy (non-hydrogen) atoms. The monoisotopic (exact) mass is 281 g/mol. The van der Waals surface area contributed by atoms with Gasteiger partial charge in [0.2, 0.25) is 0 Å². The molecule has 0 aromatic heterocycles. The maximum atomic E-state index is 5.14. The van der Waals surface area contributed by atoms with Crippen LogP contribution in [-0.4, -0.2) is 13.3 Å². The smallest absolute Gasteiger partial charge is 0.118 e. The molecule has 0 radical (unpaired) electrons. The minimum Gasteiger partial charge on any atom is -0.497 e. The topological polar surface area (TPSA) is 21.6 Å². The summed E-state index contributed by atoms with van der Waals surface area (Å²) in [4.78, 5) is 4.50. The zero-order valence-corrected chi connectivity index (χ0v) is 13.3. The molecule has 2 aromatic rings. The van der Waals surface area contributed by atoms with Crippen LogP contribution in [0.2, 0.25) is 0 Å². The van der Waals surface area contributed by atoms with Crippen molar-refractivity contribution in [3.8, 4) is 5.75 Å². The van der Waals surface area contributed by atoms with E-state index in [9.17, 15) is 0 Å². The van der Waals surface area contributed by atoms with Crippen LogP contribution in [0.1, 0.15) is 31.9 Å². The maximum absolute atomic E-state index is 5.14. The van der Waals surface area contributed by atoms with Gasteiger partial charge in [0, 0.05) is 6.21 Å². The van der Waals surface area contributed by atoms with Crippen molar-refractivity contribution in [2.75, 3.05) is 7.11 Å². The van der Waals surface area contributed by atoms with Crippen molar-refractivity contribution in [3.05, 3.63) is 59.7 Å². The van der Waals surface area contributed by atoms with Crippen LogP contribution in [0.15, 0.2) is 53.5 Å². The van der Waals surface area contributed by atoms with E-state index >= 15 is 0 Å². The summed E-state index contributed by atoms with van der Waals surface area (Å²) >= 11 is 0. The molecule has 0 amide bonds. The average Bonchev–Trinajstić information content (AvgIpc) is 2.45. The molecule has 0 aliphatic heterocycles. The lowest BCUT2D eigenvalue weighted by atomic mass is 9.88. The van der Waals surface area contributed by atoms with Crippen LogP contribution in [0.5, 0.6) is 5.75 Å². The third-order valence-electron chi connectivity index (χ3n) is 3.15. The molecule has 0 N–H and O–H groups in total. The first kappa shape index (κ1) is 15.3. The van der Waals surface area contributed by atoms with Crippen molar-refractivity contribution >= 4 is 11.9 Å². The fourth-order valence-electron chi connectivity index (χ4n) is 2.15. The van der Waals surface area contributed by atoms with Crippen LogP contribution >= 0.6 is 0 Å². The van der Waals surface area contributed by atoms with E-state index in [1.807, 2.05) is 30.5 Å². The highest BCUT2D eigenvalue weighted by atomic mass is 16.5. The fraction of sp³-hybridized carbons (Fsp3) is 0.316. The molecule has 0 aliphatic carbocycles. The summed E-state index contributed by atoms with van der Waals surface area (Å²) < 4.78 is 5.14. The lowest BCUT2D eigenvalue weighted by Crippen LogP contribution is -2.08. The third kappa shape index (κ3) is 5.07. The summed E-state index contributed by atoms with van der Waals surface area (Å²) in [5, 5.41) is 0. The molecule has 2 aromatic carbocycles. The van der Waals surface area contributed by atoms with Gasteiger partial charge < -0.3 is 4.74 Å². The Morgan fingerprint density at radius 3 is 2.10 bits per heavy atom. The second-order valence-corrected chi connectivity index (χ2v) is 6.44. The molecule has 0 fully saturated rings. The Morgan fingerprint density at radius 2 is 1.57 bits per heavy atom. The first-order chi connectivity index (χ1) is 9.96. The van der Waals surface area contributed by atoms with E-state index in [1.54, 1.807) is 7.11 Å². The van der Waals surface area contributed by atoms with Crippen LogP contribution in [0.4, 0.5) is 5.69 Å². The number of aliphatic imine (C=N–C) groups is 1. The number of ether oxygens (including phenoxy) is 1. The standard InChI is InChI=1S/C19H23NO/c1-19(2,3)13-15-5-9-17(10-6-15)20-14-16-7-11-18(21-4)12-8-16/h5-12,14H,13H2,1-4H3. The largest absolute Gasteiger partial charge is 0.497 e. The van der Waals surface area contributed by atoms with Gasteiger partial charge in [0.05, 0.1) is 12.8 Å². The fourth-order valence-corrected chi connectivity index (χ4v) is 2.15. The Bertz CT molecular complexity index is 589. The number of nitrogens with zero attached hydrogens (tertiary/aromatic N) is 1. The maximum Gasteiger partial charge on any atom is 0.118 e. The van der Waals surface area contributed by atoms with Gasteiger partial charge >= 0.3 is 0 Å². The van der Waals surface area contributed by atoms with E-state index in [0.717, 1.165) is 23.4 Å². The third-order valence-corrected chi connectivity index (χ3v) is 3.15. The number of rotatable bonds is 4. The first-order valence-corrected chi connectivity index (χ1v) is 7.23. The van der Waals surface area contributed by atoms with Gasteiger partial charge in [0.25, 0.3) is 0 Å². The quantitative estimate of drug-likeness (QED) is 0.720. The molecule has 2 heteroatoms. The molecule has 0 saturated heterocycles. The van der Waals surface area contributed by atoms with Gasteiger partial charge in [-0.2, -0.15) is 0 Å². The Kier molecular flexibility index (Phi) is 4.79. The molecule has 0 atom stereocenters. The Balaban J connectivity index is 2.03. The summed E-state index contributed by atoms with van der Waals surface area (Å²) in [5.74, 6) is 0.860. The molecule has 110 valence electrons. The molecule has 0 aliphatic rings. The molecular formula is C19H23NO. The molecule has 0 spiro atoms. The summed E-state index contributed by atoms with van der Waals surface area (Å²) in [7, 11) is 1.67. The van der Waals surface area contributed by atoms with Crippen molar-refractivity contribution in [2.24, 2.45) is 10.4 Å². The van der Waals surface area contributed by atoms with Gasteiger partial charge in [0.15, 0.2) is 0 Å². The van der Waals surface area contributed by atoms with E-state index in [2.05, 4.69) is 50.0 Å². The van der Waals surface area contributed by atoms with Gasteiger partial charge in [-0.3, -0.25) is 4.99 Å². The van der Waals surface area contributed by atoms with E-state index < -0.39 is 0 Å². The van der Waals surface area contributed by atoms with E-state index in [0.29, 0.717) is 5.41 Å². The summed E-state index contributed by atoms with van der Waals surface area (Å²) in [5.41, 5.74) is 3.71. The first-order valence-electron chi connectivity index (χ1n) is 7.23. The highest BCUT2D eigenvalue weighted by molar-refractivity contribution is 5.82. The lowest BCUT2D eigenvalue weighted by molar-refractivity contribution is 0.411. The molecule has 2 nitrogen and oxygen atoms in total. The zero-order valence-electron chi connectivity index (χ0n) is 13.3. The molecule has 0 bridgehead atoms. The predicted octanol–water partition coefficient (Wildman–Crippen LogP) is 5.03. The minimum absolute atomic E-state index is 0.313. The average molecular weight is 281 g/mol.